The van der Waals surface area contributed by atoms with Crippen molar-refractivity contribution in [1.29, 1.82) is 0 Å². The number of nitrogens with zero attached hydrogens (tertiary/aromatic N) is 1. The first kappa shape index (κ1) is 22.4. The number of aromatic hydroxyl groups is 1. The number of carbonyl (C=O) groups excluding carboxylic acids is 1. The number of phenols is 1. The summed E-state index contributed by atoms with van der Waals surface area (Å²) in [4.78, 5) is 16.1. The summed E-state index contributed by atoms with van der Waals surface area (Å²) in [5.41, 5.74) is -0.425. The number of ether oxygens (including phenoxy) is 2. The highest BCUT2D eigenvalue weighted by molar-refractivity contribution is 5.80. The molecular formula is C19H32N4O4. The van der Waals surface area contributed by atoms with E-state index in [1.165, 1.54) is 0 Å². The van der Waals surface area contributed by atoms with Gasteiger partial charge in [-0.3, -0.25) is 4.99 Å². The summed E-state index contributed by atoms with van der Waals surface area (Å²) in [5, 5.41) is 19.1. The fourth-order valence-electron chi connectivity index (χ4n) is 2.16. The number of rotatable bonds is 6. The predicted molar refractivity (Wildman–Crippen MR) is 106 cm³/mol. The van der Waals surface area contributed by atoms with Crippen molar-refractivity contribution >= 4 is 12.1 Å². The quantitative estimate of drug-likeness (QED) is 0.446. The molecule has 0 radical (unpaired) electrons. The van der Waals surface area contributed by atoms with E-state index in [1.807, 2.05) is 34.6 Å². The third-order valence-corrected chi connectivity index (χ3v) is 3.49. The molecule has 0 atom stereocenters. The zero-order valence-corrected chi connectivity index (χ0v) is 17.3. The van der Waals surface area contributed by atoms with Crippen molar-refractivity contribution < 1.29 is 19.4 Å². The fourth-order valence-corrected chi connectivity index (χ4v) is 2.16. The maximum Gasteiger partial charge on any atom is 0.408 e. The standard InChI is InChI=1S/C19H32N4O4/c1-18(2,3)27-17(25)23-19(4,5)12-22-16(20-6)21-11-13-10-14(26-7)8-9-15(13)24/h8-10,24H,11-12H2,1-7H3,(H,23,25)(H2,20,21,22). The zero-order valence-electron chi connectivity index (χ0n) is 17.3. The predicted octanol–water partition coefficient (Wildman–Crippen LogP) is 2.37. The van der Waals surface area contributed by atoms with Gasteiger partial charge >= 0.3 is 6.09 Å². The van der Waals surface area contributed by atoms with Gasteiger partial charge < -0.3 is 30.5 Å². The molecule has 0 aliphatic rings. The lowest BCUT2D eigenvalue weighted by atomic mass is 10.1. The first-order valence-electron chi connectivity index (χ1n) is 8.77. The summed E-state index contributed by atoms with van der Waals surface area (Å²) in [6.07, 6.45) is -0.474. The lowest BCUT2D eigenvalue weighted by molar-refractivity contribution is 0.0474. The molecule has 1 rings (SSSR count). The molecule has 0 aromatic heterocycles. The fraction of sp³-hybridized carbons (Fsp3) is 0.579. The van der Waals surface area contributed by atoms with Crippen molar-refractivity contribution in [3.05, 3.63) is 23.8 Å². The molecular weight excluding hydrogens is 348 g/mol. The molecule has 0 aliphatic carbocycles. The molecule has 0 spiro atoms. The van der Waals surface area contributed by atoms with Gasteiger partial charge in [0, 0.05) is 25.7 Å². The topological polar surface area (TPSA) is 104 Å². The molecule has 1 aromatic rings. The Morgan fingerprint density at radius 3 is 2.41 bits per heavy atom. The molecule has 152 valence electrons. The lowest BCUT2D eigenvalue weighted by Crippen LogP contribution is -2.54. The molecule has 0 bridgehead atoms. The summed E-state index contributed by atoms with van der Waals surface area (Å²) in [6.45, 7) is 10.0. The van der Waals surface area contributed by atoms with Gasteiger partial charge in [0.15, 0.2) is 5.96 Å². The Morgan fingerprint density at radius 2 is 1.85 bits per heavy atom. The lowest BCUT2D eigenvalue weighted by Gasteiger charge is -2.29. The number of amides is 1. The van der Waals surface area contributed by atoms with Crippen LogP contribution in [-0.4, -0.2) is 49.0 Å². The smallest absolute Gasteiger partial charge is 0.408 e. The molecule has 0 unspecified atom stereocenters. The maximum absolute atomic E-state index is 12.0. The number of carbonyl (C=O) groups is 1. The highest BCUT2D eigenvalue weighted by Gasteiger charge is 2.24. The second kappa shape index (κ2) is 9.34. The number of nitrogens with one attached hydrogen (secondary N) is 3. The number of phenolic OH excluding ortho intramolecular Hbond substituents is 1. The van der Waals surface area contributed by atoms with Crippen LogP contribution in [0, 0.1) is 0 Å². The van der Waals surface area contributed by atoms with Gasteiger partial charge in [-0.05, 0) is 52.8 Å². The van der Waals surface area contributed by atoms with Crippen LogP contribution in [0.15, 0.2) is 23.2 Å². The summed E-state index contributed by atoms with van der Waals surface area (Å²) >= 11 is 0. The first-order chi connectivity index (χ1) is 12.5. The Labute approximate surface area is 161 Å². The molecule has 1 aromatic carbocycles. The van der Waals surface area contributed by atoms with Gasteiger partial charge in [0.25, 0.3) is 0 Å². The molecule has 0 fully saturated rings. The van der Waals surface area contributed by atoms with Crippen molar-refractivity contribution in [1.82, 2.24) is 16.0 Å². The Balaban J connectivity index is 2.57. The van der Waals surface area contributed by atoms with Crippen LogP contribution >= 0.6 is 0 Å². The van der Waals surface area contributed by atoms with Crippen LogP contribution in [0.5, 0.6) is 11.5 Å². The van der Waals surface area contributed by atoms with Crippen molar-refractivity contribution in [3.8, 4) is 11.5 Å². The number of guanidine groups is 1. The van der Waals surface area contributed by atoms with Crippen LogP contribution in [0.2, 0.25) is 0 Å². The van der Waals surface area contributed by atoms with Gasteiger partial charge in [-0.1, -0.05) is 0 Å². The summed E-state index contributed by atoms with van der Waals surface area (Å²) < 4.78 is 10.5. The zero-order chi connectivity index (χ0) is 20.7. The van der Waals surface area contributed by atoms with Crippen LogP contribution in [0.25, 0.3) is 0 Å². The van der Waals surface area contributed by atoms with E-state index in [1.54, 1.807) is 32.4 Å². The number of methoxy groups -OCH3 is 1. The molecule has 0 saturated carbocycles. The van der Waals surface area contributed by atoms with Crippen molar-refractivity contribution in [3.63, 3.8) is 0 Å². The van der Waals surface area contributed by atoms with Crippen LogP contribution < -0.4 is 20.7 Å². The Morgan fingerprint density at radius 1 is 1.19 bits per heavy atom. The third kappa shape index (κ3) is 8.52. The van der Waals surface area contributed by atoms with Gasteiger partial charge in [0.2, 0.25) is 0 Å². The van der Waals surface area contributed by atoms with Gasteiger partial charge in [0.1, 0.15) is 17.1 Å². The molecule has 27 heavy (non-hydrogen) atoms. The van der Waals surface area contributed by atoms with E-state index in [9.17, 15) is 9.90 Å². The number of alkyl carbamates (subject to hydrolysis) is 1. The average molecular weight is 380 g/mol. The SMILES string of the molecule is CN=C(NCc1cc(OC)ccc1O)NCC(C)(C)NC(=O)OC(C)(C)C. The average Bonchev–Trinajstić information content (AvgIpc) is 2.54. The largest absolute Gasteiger partial charge is 0.508 e. The van der Waals surface area contributed by atoms with Gasteiger partial charge in [0.05, 0.1) is 12.6 Å². The van der Waals surface area contributed by atoms with E-state index in [0.717, 1.165) is 0 Å². The van der Waals surface area contributed by atoms with Gasteiger partial charge in [-0.2, -0.15) is 0 Å². The van der Waals surface area contributed by atoms with Crippen molar-refractivity contribution in [2.45, 2.75) is 52.3 Å². The highest BCUT2D eigenvalue weighted by Crippen LogP contribution is 2.22. The van der Waals surface area contributed by atoms with E-state index >= 15 is 0 Å². The van der Waals surface area contributed by atoms with E-state index < -0.39 is 17.2 Å². The van der Waals surface area contributed by atoms with E-state index in [-0.39, 0.29) is 5.75 Å². The summed E-state index contributed by atoms with van der Waals surface area (Å²) in [5.74, 6) is 1.37. The monoisotopic (exact) mass is 380 g/mol. The molecule has 8 heteroatoms. The minimum absolute atomic E-state index is 0.172. The Hall–Kier alpha value is -2.64. The normalized spacial score (nSPS) is 12.3. The van der Waals surface area contributed by atoms with Crippen LogP contribution in [0.4, 0.5) is 4.79 Å². The van der Waals surface area contributed by atoms with E-state index in [4.69, 9.17) is 9.47 Å². The van der Waals surface area contributed by atoms with Crippen molar-refractivity contribution in [2.75, 3.05) is 20.7 Å². The van der Waals surface area contributed by atoms with E-state index in [2.05, 4.69) is 20.9 Å². The number of hydrogen-bond donors (Lipinski definition) is 4. The molecule has 4 N–H and O–H groups in total. The molecule has 8 nitrogen and oxygen atoms in total. The highest BCUT2D eigenvalue weighted by atomic mass is 16.6. The number of hydrogen-bond acceptors (Lipinski definition) is 5. The Kier molecular flexibility index (Phi) is 7.75. The van der Waals surface area contributed by atoms with Crippen LogP contribution in [0.1, 0.15) is 40.2 Å². The second-order valence-corrected chi connectivity index (χ2v) is 7.78. The maximum atomic E-state index is 12.0. The molecule has 0 heterocycles. The molecule has 0 saturated heterocycles. The van der Waals surface area contributed by atoms with Crippen LogP contribution in [-0.2, 0) is 11.3 Å². The summed E-state index contributed by atoms with van der Waals surface area (Å²) in [7, 11) is 3.22. The summed E-state index contributed by atoms with van der Waals surface area (Å²) in [6, 6.07) is 5.03. The first-order valence-corrected chi connectivity index (χ1v) is 8.77. The van der Waals surface area contributed by atoms with Gasteiger partial charge in [-0.25, -0.2) is 4.79 Å². The Bertz CT molecular complexity index is 666. The molecule has 1 amide bonds. The van der Waals surface area contributed by atoms with Crippen molar-refractivity contribution in [2.24, 2.45) is 4.99 Å². The van der Waals surface area contributed by atoms with E-state index in [0.29, 0.717) is 30.4 Å². The third-order valence-electron chi connectivity index (χ3n) is 3.49. The minimum atomic E-state index is -0.557. The molecule has 0 aliphatic heterocycles. The minimum Gasteiger partial charge on any atom is -0.508 e. The number of aliphatic imine (C=N–C) groups is 1. The second-order valence-electron chi connectivity index (χ2n) is 7.78. The van der Waals surface area contributed by atoms with Gasteiger partial charge in [-0.15, -0.1) is 0 Å². The number of benzene rings is 1. The van der Waals surface area contributed by atoms with Crippen LogP contribution in [0.3, 0.4) is 0 Å².